The van der Waals surface area contributed by atoms with E-state index in [1.165, 1.54) is 0 Å². The lowest BCUT2D eigenvalue weighted by Gasteiger charge is -2.32. The number of H-pyrrole nitrogens is 1. The van der Waals surface area contributed by atoms with E-state index in [1.807, 2.05) is 30.5 Å². The van der Waals surface area contributed by atoms with Crippen LogP contribution in [0.5, 0.6) is 0 Å². The maximum atomic E-state index is 13.1. The Kier molecular flexibility index (Phi) is 5.49. The van der Waals surface area contributed by atoms with E-state index < -0.39 is 0 Å². The van der Waals surface area contributed by atoms with Crippen molar-refractivity contribution in [3.8, 4) is 0 Å². The summed E-state index contributed by atoms with van der Waals surface area (Å²) < 4.78 is 0. The van der Waals surface area contributed by atoms with E-state index in [1.54, 1.807) is 40.9 Å². The summed E-state index contributed by atoms with van der Waals surface area (Å²) in [6.45, 7) is 0.931. The lowest BCUT2D eigenvalue weighted by atomic mass is 9.90. The minimum Gasteiger partial charge on any atom is -0.336 e. The summed E-state index contributed by atoms with van der Waals surface area (Å²) in [5.41, 5.74) is 0.574. The predicted octanol–water partition coefficient (Wildman–Crippen LogP) is 3.38. The van der Waals surface area contributed by atoms with Crippen LogP contribution in [0.25, 0.3) is 10.8 Å². The number of likely N-dealkylation sites (tertiary alicyclic amines) is 1. The summed E-state index contributed by atoms with van der Waals surface area (Å²) in [5.74, 6) is -0.427. The molecule has 1 atom stereocenters. The molecule has 2 heterocycles. The van der Waals surface area contributed by atoms with Crippen molar-refractivity contribution in [2.75, 3.05) is 19.3 Å². The Morgan fingerprint density at radius 1 is 1.10 bits per heavy atom. The number of amides is 1. The molecular formula is C22H21N3O3S. The van der Waals surface area contributed by atoms with Crippen LogP contribution in [0, 0.1) is 5.92 Å². The van der Waals surface area contributed by atoms with E-state index >= 15 is 0 Å². The fourth-order valence-corrected chi connectivity index (χ4v) is 4.20. The highest BCUT2D eigenvalue weighted by atomic mass is 32.2. The number of carbonyl (C=O) groups is 2. The molecular weight excluding hydrogens is 386 g/mol. The van der Waals surface area contributed by atoms with Gasteiger partial charge in [-0.1, -0.05) is 30.3 Å². The zero-order chi connectivity index (χ0) is 20.4. The Morgan fingerprint density at radius 3 is 2.55 bits per heavy atom. The number of aromatic nitrogens is 2. The number of carbonyl (C=O) groups excluding carboxylic acids is 2. The van der Waals surface area contributed by atoms with Crippen molar-refractivity contribution in [2.45, 2.75) is 17.7 Å². The molecule has 1 aliphatic rings. The van der Waals surface area contributed by atoms with Crippen LogP contribution in [0.15, 0.2) is 58.2 Å². The van der Waals surface area contributed by atoms with Gasteiger partial charge in [-0.25, -0.2) is 5.10 Å². The maximum absolute atomic E-state index is 13.1. The summed E-state index contributed by atoms with van der Waals surface area (Å²) in [4.78, 5) is 40.9. The molecule has 1 aromatic heterocycles. The molecule has 148 valence electrons. The first kappa shape index (κ1) is 19.4. The van der Waals surface area contributed by atoms with Crippen molar-refractivity contribution in [3.05, 3.63) is 70.1 Å². The van der Waals surface area contributed by atoms with Crippen molar-refractivity contribution >= 4 is 34.2 Å². The topological polar surface area (TPSA) is 83.1 Å². The predicted molar refractivity (Wildman–Crippen MR) is 114 cm³/mol. The highest BCUT2D eigenvalue weighted by Gasteiger charge is 2.30. The summed E-state index contributed by atoms with van der Waals surface area (Å²) in [6, 6.07) is 14.5. The quantitative estimate of drug-likeness (QED) is 0.530. The van der Waals surface area contributed by atoms with Gasteiger partial charge in [0.25, 0.3) is 11.5 Å². The van der Waals surface area contributed by atoms with E-state index in [9.17, 15) is 14.4 Å². The monoisotopic (exact) mass is 407 g/mol. The second-order valence-electron chi connectivity index (χ2n) is 7.13. The molecule has 1 N–H and O–H groups in total. The molecule has 7 heteroatoms. The van der Waals surface area contributed by atoms with Gasteiger partial charge in [0.05, 0.1) is 5.39 Å². The second kappa shape index (κ2) is 8.21. The molecule has 6 nitrogen and oxygen atoms in total. The van der Waals surface area contributed by atoms with Crippen LogP contribution < -0.4 is 5.56 Å². The van der Waals surface area contributed by atoms with Gasteiger partial charge in [-0.2, -0.15) is 5.10 Å². The van der Waals surface area contributed by atoms with E-state index in [0.29, 0.717) is 29.4 Å². The summed E-state index contributed by atoms with van der Waals surface area (Å²) in [5, 5.41) is 7.39. The number of aromatic amines is 1. The molecule has 0 spiro atoms. The SMILES string of the molecule is CSc1ccc(C(=O)C2CCCN(C(=O)c3n[nH]c(=O)c4ccccc34)C2)cc1. The molecule has 0 saturated carbocycles. The van der Waals surface area contributed by atoms with Gasteiger partial charge in [0.2, 0.25) is 0 Å². The van der Waals surface area contributed by atoms with Gasteiger partial charge in [0.15, 0.2) is 11.5 Å². The molecule has 1 amide bonds. The molecule has 29 heavy (non-hydrogen) atoms. The molecule has 0 bridgehead atoms. The Morgan fingerprint density at radius 2 is 1.83 bits per heavy atom. The average molecular weight is 407 g/mol. The summed E-state index contributed by atoms with van der Waals surface area (Å²) in [7, 11) is 0. The Hall–Kier alpha value is -2.93. The van der Waals surface area contributed by atoms with Gasteiger partial charge >= 0.3 is 0 Å². The molecule has 1 unspecified atom stereocenters. The standard InChI is InChI=1S/C22H21N3O3S/c1-29-16-10-8-14(9-11-16)20(26)15-5-4-12-25(13-15)22(28)19-17-6-2-3-7-18(17)21(27)24-23-19/h2-3,6-11,15H,4-5,12-13H2,1H3,(H,24,27). The van der Waals surface area contributed by atoms with E-state index in [-0.39, 0.29) is 28.9 Å². The molecule has 0 radical (unpaired) electrons. The zero-order valence-corrected chi connectivity index (χ0v) is 16.9. The zero-order valence-electron chi connectivity index (χ0n) is 16.1. The number of piperidine rings is 1. The molecule has 2 aromatic carbocycles. The highest BCUT2D eigenvalue weighted by Crippen LogP contribution is 2.24. The molecule has 0 aliphatic carbocycles. The number of nitrogens with one attached hydrogen (secondary N) is 1. The molecule has 1 aliphatic heterocycles. The largest absolute Gasteiger partial charge is 0.336 e. The molecule has 3 aromatic rings. The van der Waals surface area contributed by atoms with Crippen LogP contribution in [0.2, 0.25) is 0 Å². The van der Waals surface area contributed by atoms with Gasteiger partial charge in [0, 0.05) is 34.9 Å². The number of nitrogens with zero attached hydrogens (tertiary/aromatic N) is 2. The number of fused-ring (bicyclic) bond motifs is 1. The Balaban J connectivity index is 1.57. The van der Waals surface area contributed by atoms with Crippen LogP contribution >= 0.6 is 11.8 Å². The number of hydrogen-bond acceptors (Lipinski definition) is 5. The third-order valence-corrected chi connectivity index (χ3v) is 6.10. The van der Waals surface area contributed by atoms with E-state index in [4.69, 9.17) is 0 Å². The lowest BCUT2D eigenvalue weighted by molar-refractivity contribution is 0.0633. The van der Waals surface area contributed by atoms with Gasteiger partial charge in [-0.3, -0.25) is 14.4 Å². The van der Waals surface area contributed by atoms with Gasteiger partial charge in [-0.05, 0) is 37.3 Å². The lowest BCUT2D eigenvalue weighted by Crippen LogP contribution is -2.43. The van der Waals surface area contributed by atoms with Crippen molar-refractivity contribution in [2.24, 2.45) is 5.92 Å². The maximum Gasteiger partial charge on any atom is 0.274 e. The first-order valence-electron chi connectivity index (χ1n) is 9.53. The number of ketones is 1. The molecule has 1 fully saturated rings. The number of thioether (sulfide) groups is 1. The van der Waals surface area contributed by atoms with Gasteiger partial charge in [-0.15, -0.1) is 11.8 Å². The van der Waals surface area contributed by atoms with Crippen LogP contribution in [0.4, 0.5) is 0 Å². The Bertz CT molecular complexity index is 1120. The number of hydrogen-bond donors (Lipinski definition) is 1. The highest BCUT2D eigenvalue weighted by molar-refractivity contribution is 7.98. The van der Waals surface area contributed by atoms with Crippen LogP contribution in [0.1, 0.15) is 33.7 Å². The summed E-state index contributed by atoms with van der Waals surface area (Å²) in [6.07, 6.45) is 3.51. The average Bonchev–Trinajstić information content (AvgIpc) is 2.79. The fraction of sp³-hybridized carbons (Fsp3) is 0.273. The van der Waals surface area contributed by atoms with E-state index in [0.717, 1.165) is 17.7 Å². The first-order valence-corrected chi connectivity index (χ1v) is 10.8. The van der Waals surface area contributed by atoms with Crippen molar-refractivity contribution in [1.29, 1.82) is 0 Å². The minimum atomic E-state index is -0.322. The van der Waals surface area contributed by atoms with E-state index in [2.05, 4.69) is 10.2 Å². The molecule has 1 saturated heterocycles. The van der Waals surface area contributed by atoms with Crippen molar-refractivity contribution < 1.29 is 9.59 Å². The van der Waals surface area contributed by atoms with Crippen molar-refractivity contribution in [3.63, 3.8) is 0 Å². The minimum absolute atomic E-state index is 0.0643. The second-order valence-corrected chi connectivity index (χ2v) is 8.01. The van der Waals surface area contributed by atoms with Gasteiger partial charge < -0.3 is 4.90 Å². The van der Waals surface area contributed by atoms with Crippen LogP contribution in [-0.4, -0.2) is 46.1 Å². The number of Topliss-reactive ketones (excluding diaryl/α,β-unsaturated/α-hetero) is 1. The third kappa shape index (κ3) is 3.82. The number of benzene rings is 2. The summed E-state index contributed by atoms with van der Waals surface area (Å²) >= 11 is 1.63. The van der Waals surface area contributed by atoms with Crippen LogP contribution in [-0.2, 0) is 0 Å². The first-order chi connectivity index (χ1) is 14.1. The number of rotatable bonds is 4. The smallest absolute Gasteiger partial charge is 0.274 e. The van der Waals surface area contributed by atoms with Crippen molar-refractivity contribution in [1.82, 2.24) is 15.1 Å². The third-order valence-electron chi connectivity index (χ3n) is 5.35. The fourth-order valence-electron chi connectivity index (χ4n) is 3.79. The van der Waals surface area contributed by atoms with Gasteiger partial charge in [0.1, 0.15) is 0 Å². The normalized spacial score (nSPS) is 16.7. The Labute approximate surface area is 172 Å². The molecule has 4 rings (SSSR count). The van der Waals surface area contributed by atoms with Crippen LogP contribution in [0.3, 0.4) is 0 Å².